The van der Waals surface area contributed by atoms with Crippen LogP contribution in [0.4, 0.5) is 0 Å². The molecule has 3 N–H and O–H groups in total. The largest absolute Gasteiger partial charge is 0.357 e. The summed E-state index contributed by atoms with van der Waals surface area (Å²) in [5.41, 5.74) is 1.02. The molecule has 3 rings (SSSR count). The topological polar surface area (TPSA) is 78.4 Å². The number of aromatic nitrogens is 1. The van der Waals surface area contributed by atoms with E-state index in [4.69, 9.17) is 4.99 Å². The van der Waals surface area contributed by atoms with Crippen molar-refractivity contribution in [3.05, 3.63) is 16.1 Å². The SMILES string of the molecule is CCNC(=NCc1csc(CC)n1)NC1CCCC(C(=O)NC2CC2)C1.I. The van der Waals surface area contributed by atoms with Crippen LogP contribution in [0, 0.1) is 5.92 Å². The molecule has 6 nitrogen and oxygen atoms in total. The maximum atomic E-state index is 12.4. The number of rotatable bonds is 7. The fourth-order valence-electron chi connectivity index (χ4n) is 3.36. The molecule has 1 heterocycles. The van der Waals surface area contributed by atoms with Crippen molar-refractivity contribution in [2.24, 2.45) is 10.9 Å². The third-order valence-corrected chi connectivity index (χ3v) is 6.00. The highest BCUT2D eigenvalue weighted by molar-refractivity contribution is 14.0. The molecule has 0 radical (unpaired) electrons. The summed E-state index contributed by atoms with van der Waals surface area (Å²) in [5, 5.41) is 13.3. The third-order valence-electron chi connectivity index (χ3n) is 4.95. The maximum Gasteiger partial charge on any atom is 0.223 e. The zero-order chi connectivity index (χ0) is 18.4. The van der Waals surface area contributed by atoms with Crippen molar-refractivity contribution in [1.29, 1.82) is 0 Å². The predicted octanol–water partition coefficient (Wildman–Crippen LogP) is 3.22. The molecule has 1 aromatic rings. The molecule has 0 bridgehead atoms. The van der Waals surface area contributed by atoms with Gasteiger partial charge in [-0.05, 0) is 45.4 Å². The summed E-state index contributed by atoms with van der Waals surface area (Å²) in [4.78, 5) is 21.6. The molecule has 1 amide bonds. The average molecular weight is 505 g/mol. The first-order valence-corrected chi connectivity index (χ1v) is 10.8. The highest BCUT2D eigenvalue weighted by Gasteiger charge is 2.31. The average Bonchev–Trinajstić information content (AvgIpc) is 3.34. The van der Waals surface area contributed by atoms with Gasteiger partial charge in [-0.2, -0.15) is 0 Å². The van der Waals surface area contributed by atoms with E-state index in [1.165, 1.54) is 0 Å². The van der Waals surface area contributed by atoms with Gasteiger partial charge in [-0.15, -0.1) is 35.3 Å². The van der Waals surface area contributed by atoms with Crippen molar-refractivity contribution in [3.63, 3.8) is 0 Å². The Hall–Kier alpha value is -0.900. The third kappa shape index (κ3) is 7.21. The monoisotopic (exact) mass is 505 g/mol. The number of nitrogens with one attached hydrogen (secondary N) is 3. The molecule has 0 aromatic carbocycles. The fourth-order valence-corrected chi connectivity index (χ4v) is 4.10. The summed E-state index contributed by atoms with van der Waals surface area (Å²) in [6.45, 7) is 5.60. The number of carbonyl (C=O) groups is 1. The van der Waals surface area contributed by atoms with E-state index in [0.717, 1.165) is 68.2 Å². The Morgan fingerprint density at radius 3 is 2.70 bits per heavy atom. The number of amides is 1. The van der Waals surface area contributed by atoms with Gasteiger partial charge in [0, 0.05) is 29.9 Å². The van der Waals surface area contributed by atoms with Gasteiger partial charge >= 0.3 is 0 Å². The minimum absolute atomic E-state index is 0. The highest BCUT2D eigenvalue weighted by Crippen LogP contribution is 2.26. The molecule has 1 aromatic heterocycles. The number of thiazole rings is 1. The first kappa shape index (κ1) is 22.4. The molecular formula is C19H32IN5OS. The number of guanidine groups is 1. The van der Waals surface area contributed by atoms with Crippen LogP contribution >= 0.6 is 35.3 Å². The van der Waals surface area contributed by atoms with E-state index in [-0.39, 0.29) is 35.8 Å². The van der Waals surface area contributed by atoms with E-state index in [2.05, 4.69) is 40.2 Å². The Morgan fingerprint density at radius 1 is 1.22 bits per heavy atom. The van der Waals surface area contributed by atoms with E-state index in [1.54, 1.807) is 11.3 Å². The molecule has 0 saturated heterocycles. The highest BCUT2D eigenvalue weighted by atomic mass is 127. The Bertz CT molecular complexity index is 631. The molecule has 8 heteroatoms. The lowest BCUT2D eigenvalue weighted by molar-refractivity contribution is -0.126. The smallest absolute Gasteiger partial charge is 0.223 e. The van der Waals surface area contributed by atoms with Crippen LogP contribution in [0.15, 0.2) is 10.4 Å². The van der Waals surface area contributed by atoms with Gasteiger partial charge in [-0.1, -0.05) is 13.3 Å². The zero-order valence-electron chi connectivity index (χ0n) is 16.3. The minimum atomic E-state index is 0. The number of hydrogen-bond donors (Lipinski definition) is 3. The summed E-state index contributed by atoms with van der Waals surface area (Å²) >= 11 is 1.70. The Kier molecular flexibility index (Phi) is 9.28. The van der Waals surface area contributed by atoms with Crippen LogP contribution in [0.3, 0.4) is 0 Å². The molecule has 2 aliphatic rings. The number of aliphatic imine (C=N–C) groups is 1. The van der Waals surface area contributed by atoms with Crippen LogP contribution in [0.5, 0.6) is 0 Å². The summed E-state index contributed by atoms with van der Waals surface area (Å²) in [6, 6.07) is 0.749. The van der Waals surface area contributed by atoms with Crippen LogP contribution in [0.1, 0.15) is 63.1 Å². The molecule has 0 aliphatic heterocycles. The van der Waals surface area contributed by atoms with Gasteiger partial charge in [-0.3, -0.25) is 4.79 Å². The molecule has 2 atom stereocenters. The second kappa shape index (κ2) is 11.2. The second-order valence-corrected chi connectivity index (χ2v) is 8.21. The lowest BCUT2D eigenvalue weighted by atomic mass is 9.85. The van der Waals surface area contributed by atoms with E-state index in [9.17, 15) is 4.79 Å². The van der Waals surface area contributed by atoms with Gasteiger partial charge in [0.25, 0.3) is 0 Å². The van der Waals surface area contributed by atoms with Crippen LogP contribution in [0.25, 0.3) is 0 Å². The number of carbonyl (C=O) groups excluding carboxylic acids is 1. The molecular weight excluding hydrogens is 473 g/mol. The van der Waals surface area contributed by atoms with Gasteiger partial charge in [0.2, 0.25) is 5.91 Å². The Labute approximate surface area is 183 Å². The Morgan fingerprint density at radius 2 is 2.04 bits per heavy atom. The van der Waals surface area contributed by atoms with Gasteiger partial charge in [0.15, 0.2) is 5.96 Å². The summed E-state index contributed by atoms with van der Waals surface area (Å²) in [7, 11) is 0. The summed E-state index contributed by atoms with van der Waals surface area (Å²) < 4.78 is 0. The lowest BCUT2D eigenvalue weighted by Gasteiger charge is -2.30. The molecule has 2 aliphatic carbocycles. The first-order chi connectivity index (χ1) is 12.7. The second-order valence-electron chi connectivity index (χ2n) is 7.27. The van der Waals surface area contributed by atoms with E-state index < -0.39 is 0 Å². The van der Waals surface area contributed by atoms with Gasteiger partial charge < -0.3 is 16.0 Å². The molecule has 2 saturated carbocycles. The fraction of sp³-hybridized carbons (Fsp3) is 0.737. The van der Waals surface area contributed by atoms with Crippen molar-refractivity contribution in [2.75, 3.05) is 6.54 Å². The normalized spacial score (nSPS) is 22.7. The van der Waals surface area contributed by atoms with E-state index in [0.29, 0.717) is 18.6 Å². The van der Waals surface area contributed by atoms with Gasteiger partial charge in [-0.25, -0.2) is 9.98 Å². The summed E-state index contributed by atoms with van der Waals surface area (Å²) in [6.07, 6.45) is 7.34. The van der Waals surface area contributed by atoms with Crippen molar-refractivity contribution < 1.29 is 4.79 Å². The van der Waals surface area contributed by atoms with Crippen LogP contribution in [0.2, 0.25) is 0 Å². The summed E-state index contributed by atoms with van der Waals surface area (Å²) in [5.74, 6) is 1.21. The standard InChI is InChI=1S/C19H31N5OS.HI/c1-3-17-22-16(12-26-17)11-21-19(20-4-2)24-15-7-5-6-13(10-15)18(25)23-14-8-9-14;/h12-15H,3-11H2,1-2H3,(H,23,25)(H2,20,21,24);1H. The molecule has 152 valence electrons. The van der Waals surface area contributed by atoms with Crippen molar-refractivity contribution in [3.8, 4) is 0 Å². The number of aryl methyl sites for hydroxylation is 1. The van der Waals surface area contributed by atoms with Crippen molar-refractivity contribution in [1.82, 2.24) is 20.9 Å². The van der Waals surface area contributed by atoms with E-state index >= 15 is 0 Å². The molecule has 2 unspecified atom stereocenters. The van der Waals surface area contributed by atoms with E-state index in [1.807, 2.05) is 0 Å². The van der Waals surface area contributed by atoms with Crippen LogP contribution < -0.4 is 16.0 Å². The number of hydrogen-bond acceptors (Lipinski definition) is 4. The van der Waals surface area contributed by atoms with Gasteiger partial charge in [0.05, 0.1) is 17.2 Å². The van der Waals surface area contributed by atoms with Crippen molar-refractivity contribution >= 4 is 47.2 Å². The lowest BCUT2D eigenvalue weighted by Crippen LogP contribution is -2.47. The van der Waals surface area contributed by atoms with Gasteiger partial charge in [0.1, 0.15) is 0 Å². The first-order valence-electron chi connectivity index (χ1n) is 9.96. The maximum absolute atomic E-state index is 12.4. The molecule has 27 heavy (non-hydrogen) atoms. The zero-order valence-corrected chi connectivity index (χ0v) is 19.4. The van der Waals surface area contributed by atoms with Crippen LogP contribution in [-0.4, -0.2) is 35.5 Å². The quantitative estimate of drug-likeness (QED) is 0.302. The minimum Gasteiger partial charge on any atom is -0.357 e. The predicted molar refractivity (Wildman–Crippen MR) is 122 cm³/mol. The molecule has 2 fully saturated rings. The van der Waals surface area contributed by atoms with Crippen LogP contribution in [-0.2, 0) is 17.8 Å². The number of nitrogens with zero attached hydrogens (tertiary/aromatic N) is 2. The number of halogens is 1. The Balaban J connectivity index is 0.00000261. The molecule has 0 spiro atoms. The van der Waals surface area contributed by atoms with Crippen molar-refractivity contribution in [2.45, 2.75) is 77.4 Å².